The molecule has 3 aromatic carbocycles. The first kappa shape index (κ1) is 22.5. The van der Waals surface area contributed by atoms with Crippen LogP contribution in [0.3, 0.4) is 0 Å². The second-order valence-electron chi connectivity index (χ2n) is 7.68. The zero-order valence-electron chi connectivity index (χ0n) is 19.5. The fourth-order valence-electron chi connectivity index (χ4n) is 4.24. The van der Waals surface area contributed by atoms with Crippen molar-refractivity contribution in [3.8, 4) is 23.0 Å². The number of methoxy groups -OCH3 is 2. The Morgan fingerprint density at radius 2 is 1.36 bits per heavy atom. The van der Waals surface area contributed by atoms with Crippen LogP contribution >= 0.6 is 0 Å². The van der Waals surface area contributed by atoms with E-state index in [0.29, 0.717) is 24.7 Å². The molecule has 33 heavy (non-hydrogen) atoms. The van der Waals surface area contributed by atoms with Gasteiger partial charge in [0.15, 0.2) is 11.5 Å². The molecule has 6 heteroatoms. The largest absolute Gasteiger partial charge is 0.497 e. The quantitative estimate of drug-likeness (QED) is 0.476. The van der Waals surface area contributed by atoms with Crippen LogP contribution in [0.5, 0.6) is 23.0 Å². The fourth-order valence-corrected chi connectivity index (χ4v) is 4.24. The Labute approximate surface area is 194 Å². The van der Waals surface area contributed by atoms with Crippen molar-refractivity contribution in [3.05, 3.63) is 77.4 Å². The molecule has 0 bridgehead atoms. The van der Waals surface area contributed by atoms with E-state index in [2.05, 4.69) is 0 Å². The summed E-state index contributed by atoms with van der Waals surface area (Å²) in [6, 6.07) is 19.0. The first-order chi connectivity index (χ1) is 16.1. The highest BCUT2D eigenvalue weighted by Crippen LogP contribution is 2.43. The van der Waals surface area contributed by atoms with Gasteiger partial charge in [-0.15, -0.1) is 0 Å². The maximum absolute atomic E-state index is 13.5. The van der Waals surface area contributed by atoms with Crippen LogP contribution in [0.25, 0.3) is 0 Å². The number of nitrogens with zero attached hydrogens (tertiary/aromatic N) is 1. The minimum atomic E-state index is -0.324. The van der Waals surface area contributed by atoms with E-state index in [9.17, 15) is 4.79 Å². The molecule has 1 amide bonds. The van der Waals surface area contributed by atoms with Crippen LogP contribution in [-0.2, 0) is 11.2 Å². The Bertz CT molecular complexity index is 1110. The van der Waals surface area contributed by atoms with Crippen molar-refractivity contribution in [2.24, 2.45) is 0 Å². The maximum atomic E-state index is 13.5. The van der Waals surface area contributed by atoms with E-state index in [1.165, 1.54) is 0 Å². The predicted molar refractivity (Wildman–Crippen MR) is 128 cm³/mol. The van der Waals surface area contributed by atoms with Crippen molar-refractivity contribution >= 4 is 11.6 Å². The van der Waals surface area contributed by atoms with Gasteiger partial charge in [-0.25, -0.2) is 0 Å². The van der Waals surface area contributed by atoms with Gasteiger partial charge in [0.2, 0.25) is 5.91 Å². The lowest BCUT2D eigenvalue weighted by Crippen LogP contribution is -2.41. The third-order valence-corrected chi connectivity index (χ3v) is 5.75. The zero-order valence-corrected chi connectivity index (χ0v) is 19.5. The van der Waals surface area contributed by atoms with Gasteiger partial charge in [-0.1, -0.05) is 12.1 Å². The summed E-state index contributed by atoms with van der Waals surface area (Å²) in [4.78, 5) is 15.3. The van der Waals surface area contributed by atoms with E-state index in [0.717, 1.165) is 33.9 Å². The molecule has 1 aliphatic heterocycles. The Morgan fingerprint density at radius 3 is 1.91 bits per heavy atom. The van der Waals surface area contributed by atoms with Gasteiger partial charge in [0, 0.05) is 5.69 Å². The molecule has 0 spiro atoms. The van der Waals surface area contributed by atoms with Crippen LogP contribution in [0, 0.1) is 0 Å². The van der Waals surface area contributed by atoms with Crippen LogP contribution < -0.4 is 23.8 Å². The fraction of sp³-hybridized carbons (Fsp3) is 0.296. The number of anilines is 1. The van der Waals surface area contributed by atoms with Gasteiger partial charge in [0.25, 0.3) is 0 Å². The monoisotopic (exact) mass is 447 g/mol. The summed E-state index contributed by atoms with van der Waals surface area (Å²) < 4.78 is 22.4. The molecular formula is C27H29NO5. The average Bonchev–Trinajstić information content (AvgIpc) is 2.84. The molecule has 0 saturated heterocycles. The van der Waals surface area contributed by atoms with Gasteiger partial charge in [-0.05, 0) is 79.1 Å². The first-order valence-electron chi connectivity index (χ1n) is 11.1. The minimum Gasteiger partial charge on any atom is -0.497 e. The predicted octanol–water partition coefficient (Wildman–Crippen LogP) is 5.18. The van der Waals surface area contributed by atoms with Crippen LogP contribution in [0.2, 0.25) is 0 Å². The molecular weight excluding hydrogens is 418 g/mol. The standard InChI is InChI=1S/C27H29NO5/c1-5-32-24-15-19-16-26(29)28(20-9-13-22(31-4)14-10-20)27(23(19)17-25(24)33-6-2)18-7-11-21(30-3)12-8-18/h7-15,17,27H,5-6,16H2,1-4H3/t27-/m0/s1. The first-order valence-corrected chi connectivity index (χ1v) is 11.1. The van der Waals surface area contributed by atoms with Crippen LogP contribution in [-0.4, -0.2) is 33.3 Å². The van der Waals surface area contributed by atoms with Crippen molar-refractivity contribution in [2.75, 3.05) is 32.3 Å². The Morgan fingerprint density at radius 1 is 0.818 bits per heavy atom. The normalized spacial score (nSPS) is 15.1. The summed E-state index contributed by atoms with van der Waals surface area (Å²) >= 11 is 0. The molecule has 1 atom stereocenters. The Hall–Kier alpha value is -3.67. The Kier molecular flexibility index (Phi) is 6.73. The summed E-state index contributed by atoms with van der Waals surface area (Å²) in [6.45, 7) is 4.93. The molecule has 0 radical (unpaired) electrons. The molecule has 4 rings (SSSR count). The third-order valence-electron chi connectivity index (χ3n) is 5.75. The minimum absolute atomic E-state index is 0.0140. The summed E-state index contributed by atoms with van der Waals surface area (Å²) in [6.07, 6.45) is 0.278. The van der Waals surface area contributed by atoms with E-state index in [-0.39, 0.29) is 18.4 Å². The molecule has 172 valence electrons. The summed E-state index contributed by atoms with van der Waals surface area (Å²) in [5.41, 5.74) is 3.74. The van der Waals surface area contributed by atoms with Gasteiger partial charge in [0.05, 0.1) is 39.9 Å². The molecule has 3 aromatic rings. The van der Waals surface area contributed by atoms with Crippen molar-refractivity contribution in [2.45, 2.75) is 26.3 Å². The number of amides is 1. The van der Waals surface area contributed by atoms with E-state index in [4.69, 9.17) is 18.9 Å². The second-order valence-corrected chi connectivity index (χ2v) is 7.68. The molecule has 0 fully saturated rings. The Balaban J connectivity index is 1.89. The van der Waals surface area contributed by atoms with Crippen molar-refractivity contribution in [1.29, 1.82) is 0 Å². The van der Waals surface area contributed by atoms with Gasteiger partial charge in [-0.3, -0.25) is 4.79 Å². The topological polar surface area (TPSA) is 57.2 Å². The van der Waals surface area contributed by atoms with Crippen molar-refractivity contribution < 1.29 is 23.7 Å². The zero-order chi connectivity index (χ0) is 23.4. The van der Waals surface area contributed by atoms with Gasteiger partial charge >= 0.3 is 0 Å². The smallest absolute Gasteiger partial charge is 0.232 e. The van der Waals surface area contributed by atoms with E-state index >= 15 is 0 Å². The summed E-state index contributed by atoms with van der Waals surface area (Å²) in [5.74, 6) is 2.86. The number of benzene rings is 3. The molecule has 0 unspecified atom stereocenters. The van der Waals surface area contributed by atoms with Crippen LogP contribution in [0.15, 0.2) is 60.7 Å². The van der Waals surface area contributed by atoms with Gasteiger partial charge in [0.1, 0.15) is 11.5 Å². The average molecular weight is 448 g/mol. The lowest BCUT2D eigenvalue weighted by Gasteiger charge is -2.38. The molecule has 1 aliphatic rings. The number of ether oxygens (including phenoxy) is 4. The van der Waals surface area contributed by atoms with Gasteiger partial charge in [-0.2, -0.15) is 0 Å². The molecule has 0 aliphatic carbocycles. The molecule has 6 nitrogen and oxygen atoms in total. The molecule has 0 aromatic heterocycles. The van der Waals surface area contributed by atoms with E-state index in [1.807, 2.05) is 79.4 Å². The molecule has 0 saturated carbocycles. The number of carbonyl (C=O) groups excluding carboxylic acids is 1. The lowest BCUT2D eigenvalue weighted by atomic mass is 9.86. The number of fused-ring (bicyclic) bond motifs is 1. The maximum Gasteiger partial charge on any atom is 0.232 e. The lowest BCUT2D eigenvalue weighted by molar-refractivity contribution is -0.118. The van der Waals surface area contributed by atoms with Gasteiger partial charge < -0.3 is 23.8 Å². The highest BCUT2D eigenvalue weighted by molar-refractivity contribution is 5.98. The van der Waals surface area contributed by atoms with E-state index in [1.54, 1.807) is 14.2 Å². The highest BCUT2D eigenvalue weighted by atomic mass is 16.5. The number of carbonyl (C=O) groups is 1. The molecule has 0 N–H and O–H groups in total. The SMILES string of the molecule is CCOc1cc2c(cc1OCC)[C@H](c1ccc(OC)cc1)N(c1ccc(OC)cc1)C(=O)C2. The number of rotatable bonds is 8. The van der Waals surface area contributed by atoms with Crippen LogP contribution in [0.4, 0.5) is 5.69 Å². The number of hydrogen-bond donors (Lipinski definition) is 0. The molecule has 1 heterocycles. The summed E-state index contributed by atoms with van der Waals surface area (Å²) in [7, 11) is 3.27. The number of hydrogen-bond acceptors (Lipinski definition) is 5. The van der Waals surface area contributed by atoms with E-state index < -0.39 is 0 Å². The van der Waals surface area contributed by atoms with Crippen molar-refractivity contribution in [1.82, 2.24) is 0 Å². The second kappa shape index (κ2) is 9.86. The third kappa shape index (κ3) is 4.46. The van der Waals surface area contributed by atoms with Crippen LogP contribution in [0.1, 0.15) is 36.6 Å². The summed E-state index contributed by atoms with van der Waals surface area (Å²) in [5, 5.41) is 0. The van der Waals surface area contributed by atoms with Crippen molar-refractivity contribution in [3.63, 3.8) is 0 Å². The highest BCUT2D eigenvalue weighted by Gasteiger charge is 2.36.